The fourth-order valence-corrected chi connectivity index (χ4v) is 2.86. The molecule has 5 nitrogen and oxygen atoms in total. The summed E-state index contributed by atoms with van der Waals surface area (Å²) in [5, 5.41) is 3.20. The summed E-state index contributed by atoms with van der Waals surface area (Å²) >= 11 is 0. The van der Waals surface area contributed by atoms with Crippen molar-refractivity contribution in [3.8, 4) is 5.75 Å². The smallest absolute Gasteiger partial charge is 0.211 e. The highest BCUT2D eigenvalue weighted by atomic mass is 32.2. The summed E-state index contributed by atoms with van der Waals surface area (Å²) < 4.78 is 31.5. The minimum Gasteiger partial charge on any atom is -0.492 e. The molecule has 6 heteroatoms. The van der Waals surface area contributed by atoms with Crippen molar-refractivity contribution in [2.24, 2.45) is 0 Å². The number of ether oxygens (including phenoxy) is 1. The Hall–Kier alpha value is -1.11. The number of aryl methyl sites for hydroxylation is 1. The van der Waals surface area contributed by atoms with Gasteiger partial charge in [0.1, 0.15) is 12.4 Å². The molecule has 1 aromatic carbocycles. The van der Waals surface area contributed by atoms with Crippen molar-refractivity contribution < 1.29 is 13.2 Å². The van der Waals surface area contributed by atoms with Crippen LogP contribution in [0.5, 0.6) is 5.75 Å². The molecule has 0 unspecified atom stereocenters. The van der Waals surface area contributed by atoms with Crippen molar-refractivity contribution >= 4 is 10.0 Å². The normalized spacial score (nSPS) is 11.8. The maximum Gasteiger partial charge on any atom is 0.211 e. The largest absolute Gasteiger partial charge is 0.492 e. The van der Waals surface area contributed by atoms with Crippen LogP contribution in [0.2, 0.25) is 0 Å². The zero-order valence-electron chi connectivity index (χ0n) is 13.1. The molecule has 0 spiro atoms. The maximum absolute atomic E-state index is 11.7. The average Bonchev–Trinajstić information content (AvgIpc) is 2.40. The van der Waals surface area contributed by atoms with Crippen molar-refractivity contribution in [3.05, 3.63) is 29.8 Å². The van der Waals surface area contributed by atoms with E-state index in [4.69, 9.17) is 4.74 Å². The quantitative estimate of drug-likeness (QED) is 0.645. The third-order valence-corrected chi connectivity index (χ3v) is 4.29. The lowest BCUT2D eigenvalue weighted by atomic mass is 10.2. The second kappa shape index (κ2) is 9.02. The zero-order valence-corrected chi connectivity index (χ0v) is 13.9. The van der Waals surface area contributed by atoms with Crippen LogP contribution in [0.25, 0.3) is 0 Å². The first kappa shape index (κ1) is 17.9. The molecular weight excluding hydrogens is 288 g/mol. The number of sulfonamides is 1. The highest BCUT2D eigenvalue weighted by Gasteiger charge is 2.09. The van der Waals surface area contributed by atoms with Crippen LogP contribution in [0, 0.1) is 6.92 Å². The second-order valence-corrected chi connectivity index (χ2v) is 7.27. The molecule has 0 fully saturated rings. The summed E-state index contributed by atoms with van der Waals surface area (Å²) in [6.45, 7) is 7.38. The molecule has 1 aromatic rings. The fraction of sp³-hybridized carbons (Fsp3) is 0.600. The van der Waals surface area contributed by atoms with Gasteiger partial charge >= 0.3 is 0 Å². The van der Waals surface area contributed by atoms with Gasteiger partial charge in [0.25, 0.3) is 0 Å². The summed E-state index contributed by atoms with van der Waals surface area (Å²) in [5.41, 5.74) is 1.12. The van der Waals surface area contributed by atoms with Gasteiger partial charge in [-0.15, -0.1) is 0 Å². The number of rotatable bonds is 10. The summed E-state index contributed by atoms with van der Waals surface area (Å²) in [4.78, 5) is 0. The highest BCUT2D eigenvalue weighted by molar-refractivity contribution is 7.89. The van der Waals surface area contributed by atoms with E-state index >= 15 is 0 Å². The van der Waals surface area contributed by atoms with Crippen LogP contribution in [0.4, 0.5) is 0 Å². The van der Waals surface area contributed by atoms with Gasteiger partial charge in [-0.3, -0.25) is 0 Å². The zero-order chi connectivity index (χ0) is 15.7. The van der Waals surface area contributed by atoms with Crippen LogP contribution >= 0.6 is 0 Å². The Morgan fingerprint density at radius 2 is 2.00 bits per heavy atom. The first-order valence-corrected chi connectivity index (χ1v) is 8.94. The minimum absolute atomic E-state index is 0.136. The van der Waals surface area contributed by atoms with Crippen LogP contribution < -0.4 is 14.8 Å². The molecule has 0 saturated carbocycles. The fourth-order valence-electron chi connectivity index (χ4n) is 1.80. The molecule has 2 N–H and O–H groups in total. The van der Waals surface area contributed by atoms with Crippen LogP contribution in [-0.2, 0) is 10.0 Å². The van der Waals surface area contributed by atoms with Crippen LogP contribution in [0.1, 0.15) is 25.8 Å². The molecule has 0 saturated heterocycles. The number of nitrogens with one attached hydrogen (secondary N) is 2. The minimum atomic E-state index is -3.21. The van der Waals surface area contributed by atoms with Crippen molar-refractivity contribution in [1.82, 2.24) is 10.0 Å². The lowest BCUT2D eigenvalue weighted by molar-refractivity contribution is 0.322. The molecule has 0 bridgehead atoms. The summed E-state index contributed by atoms with van der Waals surface area (Å²) in [7, 11) is -3.21. The van der Waals surface area contributed by atoms with E-state index in [1.54, 1.807) is 0 Å². The number of benzene rings is 1. The molecule has 21 heavy (non-hydrogen) atoms. The van der Waals surface area contributed by atoms with Crippen molar-refractivity contribution in [3.63, 3.8) is 0 Å². The van der Waals surface area contributed by atoms with Crippen LogP contribution in [0.15, 0.2) is 24.3 Å². The SMILES string of the molecule is Cc1cccc(OCCNS(=O)(=O)CCCNC(C)C)c1. The molecule has 0 aliphatic rings. The van der Waals surface area contributed by atoms with Gasteiger partial charge in [0.2, 0.25) is 10.0 Å². The Bertz CT molecular complexity index is 515. The third kappa shape index (κ3) is 8.70. The van der Waals surface area contributed by atoms with Gasteiger partial charge in [-0.2, -0.15) is 0 Å². The van der Waals surface area contributed by atoms with E-state index in [2.05, 4.69) is 10.0 Å². The van der Waals surface area contributed by atoms with E-state index in [-0.39, 0.29) is 12.3 Å². The van der Waals surface area contributed by atoms with Gasteiger partial charge in [0.05, 0.1) is 5.75 Å². The first-order chi connectivity index (χ1) is 9.89. The highest BCUT2D eigenvalue weighted by Crippen LogP contribution is 2.11. The third-order valence-electron chi connectivity index (χ3n) is 2.82. The van der Waals surface area contributed by atoms with Crippen molar-refractivity contribution in [2.45, 2.75) is 33.2 Å². The molecule has 120 valence electrons. The molecule has 0 aliphatic carbocycles. The molecule has 0 amide bonds. The lowest BCUT2D eigenvalue weighted by Gasteiger charge is -2.10. The molecule has 0 aliphatic heterocycles. The second-order valence-electron chi connectivity index (χ2n) is 5.34. The average molecular weight is 314 g/mol. The van der Waals surface area contributed by atoms with Gasteiger partial charge in [0, 0.05) is 12.6 Å². The van der Waals surface area contributed by atoms with Crippen molar-refractivity contribution in [1.29, 1.82) is 0 Å². The summed E-state index contributed by atoms with van der Waals surface area (Å²) in [6, 6.07) is 8.06. The van der Waals surface area contributed by atoms with E-state index in [0.29, 0.717) is 25.6 Å². The van der Waals surface area contributed by atoms with E-state index in [9.17, 15) is 8.42 Å². The van der Waals surface area contributed by atoms with Crippen LogP contribution in [-0.4, -0.2) is 39.9 Å². The Labute approximate surface area is 128 Å². The van der Waals surface area contributed by atoms with Gasteiger partial charge in [-0.1, -0.05) is 26.0 Å². The van der Waals surface area contributed by atoms with Crippen LogP contribution in [0.3, 0.4) is 0 Å². The molecule has 0 heterocycles. The van der Waals surface area contributed by atoms with E-state index in [1.165, 1.54) is 0 Å². The molecule has 1 rings (SSSR count). The maximum atomic E-state index is 11.7. The summed E-state index contributed by atoms with van der Waals surface area (Å²) in [5.74, 6) is 0.896. The monoisotopic (exact) mass is 314 g/mol. The van der Waals surface area contributed by atoms with Gasteiger partial charge in [-0.25, -0.2) is 13.1 Å². The predicted molar refractivity (Wildman–Crippen MR) is 86.2 cm³/mol. The standard InChI is InChI=1S/C15H26N2O3S/c1-13(2)16-8-5-11-21(18,19)17-9-10-20-15-7-4-6-14(3)12-15/h4,6-7,12-13,16-17H,5,8-11H2,1-3H3. The molecule has 0 atom stereocenters. The van der Waals surface area contributed by atoms with Gasteiger partial charge < -0.3 is 10.1 Å². The lowest BCUT2D eigenvalue weighted by Crippen LogP contribution is -2.32. The molecule has 0 radical (unpaired) electrons. The molecule has 0 aromatic heterocycles. The Kier molecular flexibility index (Phi) is 7.71. The van der Waals surface area contributed by atoms with Gasteiger partial charge in [0.15, 0.2) is 0 Å². The topological polar surface area (TPSA) is 67.4 Å². The van der Waals surface area contributed by atoms with E-state index < -0.39 is 10.0 Å². The summed E-state index contributed by atoms with van der Waals surface area (Å²) in [6.07, 6.45) is 0.603. The Morgan fingerprint density at radius 3 is 2.67 bits per heavy atom. The predicted octanol–water partition coefficient (Wildman–Crippen LogP) is 1.68. The van der Waals surface area contributed by atoms with E-state index in [1.807, 2.05) is 45.0 Å². The first-order valence-electron chi connectivity index (χ1n) is 7.29. The Morgan fingerprint density at radius 1 is 1.24 bits per heavy atom. The number of hydrogen-bond acceptors (Lipinski definition) is 4. The van der Waals surface area contributed by atoms with E-state index in [0.717, 1.165) is 11.3 Å². The Balaban J connectivity index is 2.18. The molecular formula is C15H26N2O3S. The number of hydrogen-bond donors (Lipinski definition) is 2. The van der Waals surface area contributed by atoms with Gasteiger partial charge in [-0.05, 0) is 37.6 Å². The van der Waals surface area contributed by atoms with Crippen molar-refractivity contribution in [2.75, 3.05) is 25.4 Å².